The monoisotopic (exact) mass is 649 g/mol. The fourth-order valence-electron chi connectivity index (χ4n) is 4.92. The quantitative estimate of drug-likeness (QED) is 0.255. The Morgan fingerprint density at radius 1 is 0.851 bits per heavy atom. The number of carbonyl (C=O) groups excluding carboxylic acids is 4. The molecule has 0 spiro atoms. The van der Waals surface area contributed by atoms with E-state index < -0.39 is 35.7 Å². The normalized spacial score (nSPS) is 14.5. The van der Waals surface area contributed by atoms with E-state index in [0.717, 1.165) is 0 Å². The van der Waals surface area contributed by atoms with Crippen LogP contribution in [0, 0.1) is 0 Å². The summed E-state index contributed by atoms with van der Waals surface area (Å²) in [5, 5.41) is 8.01. The molecule has 3 N–H and O–H groups in total. The number of ketones is 1. The van der Waals surface area contributed by atoms with Crippen LogP contribution in [-0.4, -0.2) is 63.8 Å². The summed E-state index contributed by atoms with van der Waals surface area (Å²) < 4.78 is 33.1. The fourth-order valence-corrected chi connectivity index (χ4v) is 4.92. The molecule has 0 aliphatic carbocycles. The van der Waals surface area contributed by atoms with Crippen molar-refractivity contribution >= 4 is 35.1 Å². The van der Waals surface area contributed by atoms with Crippen LogP contribution in [0.2, 0.25) is 0 Å². The number of alkyl carbamates (subject to hydrolysis) is 1. The van der Waals surface area contributed by atoms with Crippen LogP contribution in [-0.2, 0) is 9.53 Å². The van der Waals surface area contributed by atoms with Crippen LogP contribution in [0.5, 0.6) is 28.7 Å². The second-order valence-electron chi connectivity index (χ2n) is 11.6. The van der Waals surface area contributed by atoms with Crippen molar-refractivity contribution in [3.05, 3.63) is 65.2 Å². The Balaban J connectivity index is 1.51. The molecule has 4 rings (SSSR count). The highest BCUT2D eigenvalue weighted by Crippen LogP contribution is 2.49. The van der Waals surface area contributed by atoms with E-state index in [1.165, 1.54) is 41.4 Å². The SMILES string of the molecule is COc1ccc(NC(=O)[C@H](C)NC(=O)OC(C)(C)C)cc1C(=O)Nc1cccc(C2CC(=O)c3c(cc(OC)c(OC)c3OC)O2)c1. The van der Waals surface area contributed by atoms with Crippen LogP contribution in [0.1, 0.15) is 66.5 Å². The molecule has 47 heavy (non-hydrogen) atoms. The van der Waals surface area contributed by atoms with Gasteiger partial charge in [0.25, 0.3) is 5.91 Å². The third-order valence-corrected chi connectivity index (χ3v) is 7.07. The Bertz CT molecular complexity index is 1680. The summed E-state index contributed by atoms with van der Waals surface area (Å²) in [5.41, 5.74) is 1.08. The van der Waals surface area contributed by atoms with Gasteiger partial charge in [0.15, 0.2) is 17.3 Å². The highest BCUT2D eigenvalue weighted by atomic mass is 16.6. The van der Waals surface area contributed by atoms with E-state index in [9.17, 15) is 19.2 Å². The van der Waals surface area contributed by atoms with Gasteiger partial charge in [-0.2, -0.15) is 0 Å². The van der Waals surface area contributed by atoms with Crippen molar-refractivity contribution in [2.24, 2.45) is 0 Å². The zero-order valence-electron chi connectivity index (χ0n) is 27.6. The molecule has 1 aliphatic rings. The van der Waals surface area contributed by atoms with Gasteiger partial charge >= 0.3 is 6.09 Å². The topological polar surface area (TPSA) is 160 Å². The molecule has 0 bridgehead atoms. The first-order valence-electron chi connectivity index (χ1n) is 14.7. The Labute approximate surface area is 272 Å². The van der Waals surface area contributed by atoms with Crippen molar-refractivity contribution in [1.29, 1.82) is 0 Å². The third-order valence-electron chi connectivity index (χ3n) is 7.07. The van der Waals surface area contributed by atoms with Gasteiger partial charge in [-0.05, 0) is 63.6 Å². The minimum absolute atomic E-state index is 0.0208. The van der Waals surface area contributed by atoms with E-state index in [-0.39, 0.29) is 40.6 Å². The molecule has 3 amide bonds. The number of anilines is 2. The van der Waals surface area contributed by atoms with E-state index in [0.29, 0.717) is 28.4 Å². The summed E-state index contributed by atoms with van der Waals surface area (Å²) in [6.45, 7) is 6.66. The predicted molar refractivity (Wildman–Crippen MR) is 173 cm³/mol. The lowest BCUT2D eigenvalue weighted by atomic mass is 9.94. The fraction of sp³-hybridized carbons (Fsp3) is 0.353. The minimum atomic E-state index is -0.919. The average Bonchev–Trinajstić information content (AvgIpc) is 3.02. The van der Waals surface area contributed by atoms with E-state index in [1.54, 1.807) is 63.2 Å². The summed E-state index contributed by atoms with van der Waals surface area (Å²) in [6, 6.07) is 12.2. The molecule has 3 aromatic rings. The van der Waals surface area contributed by atoms with Crippen LogP contribution in [0.3, 0.4) is 0 Å². The van der Waals surface area contributed by atoms with E-state index in [1.807, 2.05) is 0 Å². The van der Waals surface area contributed by atoms with Crippen molar-refractivity contribution in [2.75, 3.05) is 39.1 Å². The largest absolute Gasteiger partial charge is 0.496 e. The van der Waals surface area contributed by atoms with Gasteiger partial charge in [0.05, 0.1) is 40.4 Å². The highest BCUT2D eigenvalue weighted by molar-refractivity contribution is 6.08. The number of nitrogens with one attached hydrogen (secondary N) is 3. The molecule has 2 atom stereocenters. The first kappa shape index (κ1) is 34.4. The van der Waals surface area contributed by atoms with Crippen LogP contribution >= 0.6 is 0 Å². The lowest BCUT2D eigenvalue weighted by molar-refractivity contribution is -0.117. The minimum Gasteiger partial charge on any atom is -0.496 e. The van der Waals surface area contributed by atoms with Gasteiger partial charge in [-0.1, -0.05) is 12.1 Å². The van der Waals surface area contributed by atoms with Gasteiger partial charge in [0.1, 0.15) is 34.8 Å². The molecule has 1 heterocycles. The van der Waals surface area contributed by atoms with Crippen molar-refractivity contribution < 1.29 is 47.6 Å². The lowest BCUT2D eigenvalue weighted by Gasteiger charge is -2.28. The number of benzene rings is 3. The Morgan fingerprint density at radius 2 is 1.53 bits per heavy atom. The number of hydrogen-bond acceptors (Lipinski definition) is 10. The maximum atomic E-state index is 13.4. The molecule has 0 radical (unpaired) electrons. The van der Waals surface area contributed by atoms with Crippen molar-refractivity contribution in [2.45, 2.75) is 51.9 Å². The zero-order chi connectivity index (χ0) is 34.5. The number of rotatable bonds is 10. The molecule has 1 unspecified atom stereocenters. The Hall–Kier alpha value is -5.46. The third kappa shape index (κ3) is 8.04. The van der Waals surface area contributed by atoms with Crippen molar-refractivity contribution in [3.8, 4) is 28.7 Å². The number of ether oxygens (including phenoxy) is 6. The average molecular weight is 650 g/mol. The smallest absolute Gasteiger partial charge is 0.408 e. The van der Waals surface area contributed by atoms with E-state index >= 15 is 0 Å². The second kappa shape index (κ2) is 14.3. The van der Waals surface area contributed by atoms with Gasteiger partial charge < -0.3 is 44.4 Å². The van der Waals surface area contributed by atoms with Gasteiger partial charge in [-0.25, -0.2) is 4.79 Å². The van der Waals surface area contributed by atoms with E-state index in [4.69, 9.17) is 28.4 Å². The summed E-state index contributed by atoms with van der Waals surface area (Å²) in [6.07, 6.45) is -1.37. The van der Waals surface area contributed by atoms with Gasteiger partial charge in [0, 0.05) is 17.4 Å². The Kier molecular flexibility index (Phi) is 10.5. The predicted octanol–water partition coefficient (Wildman–Crippen LogP) is 5.53. The Morgan fingerprint density at radius 3 is 2.17 bits per heavy atom. The molecular formula is C34H39N3O10. The first-order valence-corrected chi connectivity index (χ1v) is 14.7. The first-order chi connectivity index (χ1) is 22.3. The number of carbonyl (C=O) groups is 4. The zero-order valence-corrected chi connectivity index (χ0v) is 27.6. The van der Waals surface area contributed by atoms with E-state index in [2.05, 4.69) is 16.0 Å². The highest BCUT2D eigenvalue weighted by Gasteiger charge is 2.34. The molecule has 3 aromatic carbocycles. The molecule has 13 heteroatoms. The lowest BCUT2D eigenvalue weighted by Crippen LogP contribution is -2.44. The molecule has 0 saturated heterocycles. The molecule has 250 valence electrons. The van der Waals surface area contributed by atoms with Crippen molar-refractivity contribution in [1.82, 2.24) is 5.32 Å². The molecular weight excluding hydrogens is 610 g/mol. The van der Waals surface area contributed by atoms with Crippen LogP contribution < -0.4 is 39.6 Å². The standard InChI is InChI=1S/C34H39N3O10/c1-18(35-33(41)47-34(2,3)4)31(39)36-21-12-13-24(42-5)22(15-21)32(40)37-20-11-9-10-19(14-20)25-16-23(38)28-26(46-25)17-27(43-6)29(44-7)30(28)45-8/h9-15,17-18,25H,16H2,1-8H3,(H,35,41)(H,36,39)(H,37,40)/t18-,25?/m0/s1. The number of hydrogen-bond donors (Lipinski definition) is 3. The maximum Gasteiger partial charge on any atom is 0.408 e. The van der Waals surface area contributed by atoms with Crippen LogP contribution in [0.4, 0.5) is 16.2 Å². The maximum absolute atomic E-state index is 13.4. The number of amides is 3. The van der Waals surface area contributed by atoms with Gasteiger partial charge in [0.2, 0.25) is 11.7 Å². The molecule has 13 nitrogen and oxygen atoms in total. The summed E-state index contributed by atoms with van der Waals surface area (Å²) in [5.74, 6) is 0.191. The van der Waals surface area contributed by atoms with Crippen LogP contribution in [0.25, 0.3) is 0 Å². The molecule has 0 fully saturated rings. The van der Waals surface area contributed by atoms with Gasteiger partial charge in [-0.3, -0.25) is 14.4 Å². The summed E-state index contributed by atoms with van der Waals surface area (Å²) in [7, 11) is 5.79. The number of Topliss-reactive ketones (excluding diaryl/α,β-unsaturated/α-hetero) is 1. The van der Waals surface area contributed by atoms with Gasteiger partial charge in [-0.15, -0.1) is 0 Å². The number of methoxy groups -OCH3 is 4. The van der Waals surface area contributed by atoms with Crippen molar-refractivity contribution in [3.63, 3.8) is 0 Å². The molecule has 1 aliphatic heterocycles. The molecule has 0 aromatic heterocycles. The molecule has 0 saturated carbocycles. The second-order valence-corrected chi connectivity index (χ2v) is 11.6. The summed E-state index contributed by atoms with van der Waals surface area (Å²) >= 11 is 0. The van der Waals surface area contributed by atoms with Crippen LogP contribution in [0.15, 0.2) is 48.5 Å². The number of fused-ring (bicyclic) bond motifs is 1. The summed E-state index contributed by atoms with van der Waals surface area (Å²) in [4.78, 5) is 51.6.